The topological polar surface area (TPSA) is 78.0 Å². The van der Waals surface area contributed by atoms with Crippen LogP contribution >= 0.6 is 11.3 Å². The molecule has 128 valence electrons. The third-order valence-corrected chi connectivity index (χ3v) is 5.38. The molecule has 5 aromatic rings. The van der Waals surface area contributed by atoms with Crippen molar-refractivity contribution in [2.45, 2.75) is 20.8 Å². The molecule has 8 heteroatoms. The molecule has 0 amide bonds. The number of nitrogens with zero attached hydrogens (tertiary/aromatic N) is 6. The Balaban J connectivity index is 1.83. The monoisotopic (exact) mass is 362 g/mol. The van der Waals surface area contributed by atoms with Crippen molar-refractivity contribution in [2.75, 3.05) is 0 Å². The van der Waals surface area contributed by atoms with Gasteiger partial charge >= 0.3 is 0 Å². The van der Waals surface area contributed by atoms with Crippen molar-refractivity contribution in [1.29, 1.82) is 0 Å². The van der Waals surface area contributed by atoms with Crippen molar-refractivity contribution < 1.29 is 0 Å². The predicted molar refractivity (Wildman–Crippen MR) is 101 cm³/mol. The highest BCUT2D eigenvalue weighted by Gasteiger charge is 2.15. The summed E-state index contributed by atoms with van der Waals surface area (Å²) in [7, 11) is 0. The van der Waals surface area contributed by atoms with E-state index in [4.69, 9.17) is 0 Å². The first-order chi connectivity index (χ1) is 12.5. The van der Waals surface area contributed by atoms with E-state index in [0.717, 1.165) is 10.2 Å². The molecule has 26 heavy (non-hydrogen) atoms. The quantitative estimate of drug-likeness (QED) is 0.458. The Morgan fingerprint density at radius 3 is 2.73 bits per heavy atom. The van der Waals surface area contributed by atoms with Crippen LogP contribution in [-0.4, -0.2) is 29.1 Å². The average molecular weight is 362 g/mol. The van der Waals surface area contributed by atoms with Gasteiger partial charge in [0, 0.05) is 6.20 Å². The molecular weight excluding hydrogens is 348 g/mol. The molecule has 4 heterocycles. The second-order valence-corrected chi connectivity index (χ2v) is 7.30. The van der Waals surface area contributed by atoms with Crippen LogP contribution in [0.25, 0.3) is 32.0 Å². The standard InChI is InChI=1S/C18H14N6OS/c1-9-4-5-12-14(8-9)26-18(21-12)23-7-6-13-15(16(23)25)10(2)19-17-20-11(3)22-24(13)17/h4-8H,1-3H3. The summed E-state index contributed by atoms with van der Waals surface area (Å²) in [5, 5.41) is 5.53. The van der Waals surface area contributed by atoms with Crippen molar-refractivity contribution >= 4 is 38.2 Å². The van der Waals surface area contributed by atoms with E-state index in [9.17, 15) is 4.79 Å². The number of thiazole rings is 1. The van der Waals surface area contributed by atoms with Gasteiger partial charge in [-0.2, -0.15) is 9.50 Å². The third kappa shape index (κ3) is 2.08. The van der Waals surface area contributed by atoms with Gasteiger partial charge in [0.05, 0.1) is 26.8 Å². The van der Waals surface area contributed by atoms with Crippen LogP contribution < -0.4 is 5.56 Å². The SMILES string of the molecule is Cc1ccc2nc(-n3ccc4c(c(C)nc5nc(C)nn54)c3=O)sc2c1. The van der Waals surface area contributed by atoms with E-state index in [-0.39, 0.29) is 5.56 Å². The van der Waals surface area contributed by atoms with Gasteiger partial charge in [-0.05, 0) is 44.5 Å². The van der Waals surface area contributed by atoms with Crippen LogP contribution in [0.5, 0.6) is 0 Å². The highest BCUT2D eigenvalue weighted by Crippen LogP contribution is 2.25. The minimum absolute atomic E-state index is 0.154. The van der Waals surface area contributed by atoms with E-state index in [1.807, 2.05) is 32.0 Å². The number of hydrogen-bond acceptors (Lipinski definition) is 6. The van der Waals surface area contributed by atoms with Crippen molar-refractivity contribution in [3.8, 4) is 5.13 Å². The smallest absolute Gasteiger partial charge is 0.268 e. The lowest BCUT2D eigenvalue weighted by atomic mass is 10.2. The third-order valence-electron chi connectivity index (χ3n) is 4.36. The van der Waals surface area contributed by atoms with E-state index in [2.05, 4.69) is 26.1 Å². The molecule has 0 atom stereocenters. The molecule has 0 spiro atoms. The van der Waals surface area contributed by atoms with Gasteiger partial charge in [0.2, 0.25) is 0 Å². The summed E-state index contributed by atoms with van der Waals surface area (Å²) < 4.78 is 4.25. The normalized spacial score (nSPS) is 11.8. The molecule has 0 aliphatic rings. The Hall–Kier alpha value is -3.13. The molecular formula is C18H14N6OS. The van der Waals surface area contributed by atoms with Crippen LogP contribution in [0.1, 0.15) is 17.1 Å². The lowest BCUT2D eigenvalue weighted by molar-refractivity contribution is 0.931. The summed E-state index contributed by atoms with van der Waals surface area (Å²) in [4.78, 5) is 26.5. The minimum Gasteiger partial charge on any atom is -0.268 e. The number of aryl methyl sites for hydroxylation is 3. The molecule has 0 aliphatic carbocycles. The molecule has 0 saturated heterocycles. The maximum Gasteiger partial charge on any atom is 0.268 e. The highest BCUT2D eigenvalue weighted by atomic mass is 32.1. The Morgan fingerprint density at radius 2 is 1.88 bits per heavy atom. The lowest BCUT2D eigenvalue weighted by Gasteiger charge is -2.06. The Kier molecular flexibility index (Phi) is 3.02. The van der Waals surface area contributed by atoms with E-state index < -0.39 is 0 Å². The maximum atomic E-state index is 13.2. The van der Waals surface area contributed by atoms with Gasteiger partial charge in [-0.15, -0.1) is 5.10 Å². The van der Waals surface area contributed by atoms with Crippen molar-refractivity contribution in [2.24, 2.45) is 0 Å². The summed E-state index contributed by atoms with van der Waals surface area (Å²) >= 11 is 1.50. The second-order valence-electron chi connectivity index (χ2n) is 6.29. The first kappa shape index (κ1) is 15.2. The fourth-order valence-corrected chi connectivity index (χ4v) is 4.21. The summed E-state index contributed by atoms with van der Waals surface area (Å²) in [6.45, 7) is 5.67. The zero-order valence-corrected chi connectivity index (χ0v) is 15.2. The van der Waals surface area contributed by atoms with Gasteiger partial charge in [0.15, 0.2) is 5.13 Å². The number of hydrogen-bond donors (Lipinski definition) is 0. The number of aromatic nitrogens is 6. The molecule has 7 nitrogen and oxygen atoms in total. The zero-order chi connectivity index (χ0) is 18.0. The largest absolute Gasteiger partial charge is 0.268 e. The lowest BCUT2D eigenvalue weighted by Crippen LogP contribution is -2.20. The van der Waals surface area contributed by atoms with Gasteiger partial charge < -0.3 is 0 Å². The highest BCUT2D eigenvalue weighted by molar-refractivity contribution is 7.20. The van der Waals surface area contributed by atoms with E-state index in [1.165, 1.54) is 16.9 Å². The van der Waals surface area contributed by atoms with Gasteiger partial charge in [-0.1, -0.05) is 17.4 Å². The van der Waals surface area contributed by atoms with Crippen LogP contribution in [0, 0.1) is 20.8 Å². The number of pyridine rings is 1. The van der Waals surface area contributed by atoms with Gasteiger partial charge in [0.25, 0.3) is 11.3 Å². The summed E-state index contributed by atoms with van der Waals surface area (Å²) in [6, 6.07) is 7.94. The average Bonchev–Trinajstić information content (AvgIpc) is 3.17. The van der Waals surface area contributed by atoms with Crippen molar-refractivity contribution in [3.05, 3.63) is 57.9 Å². The van der Waals surface area contributed by atoms with Crippen LogP contribution in [0.2, 0.25) is 0 Å². The Morgan fingerprint density at radius 1 is 1.04 bits per heavy atom. The summed E-state index contributed by atoms with van der Waals surface area (Å²) in [6.07, 6.45) is 1.74. The minimum atomic E-state index is -0.154. The molecule has 0 aliphatic heterocycles. The predicted octanol–water partition coefficient (Wildman–Crippen LogP) is 2.96. The van der Waals surface area contributed by atoms with E-state index in [0.29, 0.717) is 33.3 Å². The fourth-order valence-electron chi connectivity index (χ4n) is 3.16. The molecule has 4 aromatic heterocycles. The van der Waals surface area contributed by atoms with Crippen molar-refractivity contribution in [3.63, 3.8) is 0 Å². The Bertz CT molecular complexity index is 1390. The molecule has 0 fully saturated rings. The summed E-state index contributed by atoms with van der Waals surface area (Å²) in [5.41, 5.74) is 3.24. The maximum absolute atomic E-state index is 13.2. The van der Waals surface area contributed by atoms with Crippen molar-refractivity contribution in [1.82, 2.24) is 29.1 Å². The number of fused-ring (bicyclic) bond motifs is 4. The summed E-state index contributed by atoms with van der Waals surface area (Å²) in [5.74, 6) is 1.12. The molecule has 0 radical (unpaired) electrons. The van der Waals surface area contributed by atoms with Crippen LogP contribution in [0.4, 0.5) is 0 Å². The number of benzene rings is 1. The fraction of sp³-hybridized carbons (Fsp3) is 0.167. The van der Waals surface area contributed by atoms with Gasteiger partial charge in [0.1, 0.15) is 5.82 Å². The van der Waals surface area contributed by atoms with E-state index >= 15 is 0 Å². The number of rotatable bonds is 1. The first-order valence-corrected chi connectivity index (χ1v) is 8.96. The molecule has 5 rings (SSSR count). The molecule has 0 unspecified atom stereocenters. The zero-order valence-electron chi connectivity index (χ0n) is 14.4. The molecule has 0 N–H and O–H groups in total. The first-order valence-electron chi connectivity index (χ1n) is 8.14. The molecule has 0 saturated carbocycles. The molecule has 1 aromatic carbocycles. The van der Waals surface area contributed by atoms with Crippen LogP contribution in [0.15, 0.2) is 35.3 Å². The van der Waals surface area contributed by atoms with Gasteiger partial charge in [-0.25, -0.2) is 9.97 Å². The molecule has 0 bridgehead atoms. The van der Waals surface area contributed by atoms with E-state index in [1.54, 1.807) is 22.2 Å². The second kappa shape index (κ2) is 5.18. The van der Waals surface area contributed by atoms with Gasteiger partial charge in [-0.3, -0.25) is 9.36 Å². The van der Waals surface area contributed by atoms with Crippen LogP contribution in [-0.2, 0) is 0 Å². The Labute approximate surface area is 151 Å². The van der Waals surface area contributed by atoms with Crippen LogP contribution in [0.3, 0.4) is 0 Å².